The number of amides is 13. The summed E-state index contributed by atoms with van der Waals surface area (Å²) in [5.41, 5.74) is 1.83. The highest BCUT2D eigenvalue weighted by atomic mass is 35.5. The predicted octanol–water partition coefficient (Wildman–Crippen LogP) is 8.50. The Hall–Kier alpha value is -14.5. The van der Waals surface area contributed by atoms with Crippen LogP contribution in [-0.2, 0) is 81.7 Å². The van der Waals surface area contributed by atoms with Crippen molar-refractivity contribution in [3.8, 4) is 5.75 Å². The SMILES string of the molecule is CCOc1ccc(NC(=O)CCCCC(=O)NCCC(=O)Nc2cc(C(=O)Nc3cn(C)c(C(=O)Nc4cc(C(=O)Nc5cn(C)c(C(=O)NCCCC(=O)Nc6cc(C(=O)Nc7cc(C(=O)Nc8cc(C(=O)Nc9cc(C(=O)NCCCN(C)C)n(C)c9)n(C)c8)n(C)c7)n(C)c6)n5)n(C)c4)n3)n(C)c2)cc1C(=O)Nc1ccc(Cl)c(C(F)(F)F)c1. The zero-order chi connectivity index (χ0) is 88.6. The molecule has 0 bridgehead atoms. The third-order valence-electron chi connectivity index (χ3n) is 18.7. The maximum absolute atomic E-state index is 13.6. The van der Waals surface area contributed by atoms with Crippen molar-refractivity contribution in [1.82, 2.24) is 67.4 Å². The molecule has 0 aliphatic carbocycles. The molecule has 0 fully saturated rings. The molecule has 0 radical (unpaired) electrons. The van der Waals surface area contributed by atoms with Gasteiger partial charge in [0.2, 0.25) is 35.3 Å². The summed E-state index contributed by atoms with van der Waals surface area (Å²) in [5, 5.41) is 34.6. The smallest absolute Gasteiger partial charge is 0.417 e. The van der Waals surface area contributed by atoms with Crippen LogP contribution in [0.25, 0.3) is 0 Å². The van der Waals surface area contributed by atoms with E-state index in [1.807, 2.05) is 19.0 Å². The Morgan fingerprint density at radius 3 is 1.18 bits per heavy atom. The van der Waals surface area contributed by atoms with Gasteiger partial charge in [-0.3, -0.25) is 62.3 Å². The number of ether oxygens (including phenoxy) is 1. The first-order chi connectivity index (χ1) is 57.9. The van der Waals surface area contributed by atoms with Crippen LogP contribution in [0.15, 0.2) is 122 Å². The summed E-state index contributed by atoms with van der Waals surface area (Å²) in [7, 11) is 16.7. The first-order valence-corrected chi connectivity index (χ1v) is 38.5. The van der Waals surface area contributed by atoms with Crippen molar-refractivity contribution >= 4 is 146 Å². The molecule has 13 N–H and O–H groups in total. The Morgan fingerprint density at radius 2 is 0.730 bits per heavy atom. The molecular weight excluding hydrogens is 1610 g/mol. The lowest BCUT2D eigenvalue weighted by atomic mass is 10.1. The third-order valence-corrected chi connectivity index (χ3v) is 19.0. The fraction of sp³-hybridized carbons (Fsp3) is 0.312. The van der Waals surface area contributed by atoms with Crippen LogP contribution in [0, 0.1) is 0 Å². The van der Waals surface area contributed by atoms with Crippen LogP contribution in [0.2, 0.25) is 5.02 Å². The lowest BCUT2D eigenvalue weighted by Crippen LogP contribution is -2.28. The van der Waals surface area contributed by atoms with Gasteiger partial charge >= 0.3 is 6.18 Å². The largest absolute Gasteiger partial charge is 0.493 e. The number of nitrogens with zero attached hydrogens (tertiary/aromatic N) is 11. The van der Waals surface area contributed by atoms with E-state index < -0.39 is 81.7 Å². The molecule has 8 heterocycles. The van der Waals surface area contributed by atoms with Crippen molar-refractivity contribution in [1.29, 1.82) is 0 Å². The highest BCUT2D eigenvalue weighted by Gasteiger charge is 2.34. The summed E-state index contributed by atoms with van der Waals surface area (Å²) in [6, 6.07) is 16.0. The molecule has 0 aliphatic rings. The summed E-state index contributed by atoms with van der Waals surface area (Å²) in [5.74, 6) is -6.90. The molecule has 42 heteroatoms. The average Bonchev–Trinajstić information content (AvgIpc) is 1.49. The van der Waals surface area contributed by atoms with Crippen molar-refractivity contribution in [2.24, 2.45) is 56.4 Å². The Bertz CT molecular complexity index is 5670. The Balaban J connectivity index is 0.601. The molecule has 8 aromatic heterocycles. The van der Waals surface area contributed by atoms with E-state index in [9.17, 15) is 75.5 Å². The van der Waals surface area contributed by atoms with Crippen LogP contribution in [0.4, 0.5) is 70.3 Å². The monoisotopic (exact) mass is 1700 g/mol. The van der Waals surface area contributed by atoms with Crippen LogP contribution in [0.5, 0.6) is 5.75 Å². The third kappa shape index (κ3) is 23.9. The number of carbonyl (C=O) groups is 13. The molecule has 0 unspecified atom stereocenters. The lowest BCUT2D eigenvalue weighted by Gasteiger charge is -2.15. The van der Waals surface area contributed by atoms with E-state index >= 15 is 0 Å². The molecule has 644 valence electrons. The maximum Gasteiger partial charge on any atom is 0.417 e. The fourth-order valence-corrected chi connectivity index (χ4v) is 12.9. The molecule has 0 spiro atoms. The van der Waals surface area contributed by atoms with Gasteiger partial charge in [-0.1, -0.05) is 11.6 Å². The van der Waals surface area contributed by atoms with E-state index in [0.29, 0.717) is 53.9 Å². The number of halogens is 4. The number of nitrogens with one attached hydrogen (secondary N) is 13. The second kappa shape index (κ2) is 39.8. The molecule has 0 saturated heterocycles. The topological polar surface area (TPSA) is 456 Å². The summed E-state index contributed by atoms with van der Waals surface area (Å²) in [6.45, 7) is 3.19. The zero-order valence-electron chi connectivity index (χ0n) is 68.4. The van der Waals surface area contributed by atoms with Crippen LogP contribution in [0.3, 0.4) is 0 Å². The van der Waals surface area contributed by atoms with Gasteiger partial charge in [0, 0.05) is 163 Å². The summed E-state index contributed by atoms with van der Waals surface area (Å²) in [6.07, 6.45) is 8.81. The number of benzene rings is 2. The number of hydrogen-bond donors (Lipinski definition) is 13. The predicted molar refractivity (Wildman–Crippen MR) is 448 cm³/mol. The minimum Gasteiger partial charge on any atom is -0.493 e. The second-order valence-electron chi connectivity index (χ2n) is 28.7. The molecule has 0 saturated carbocycles. The molecule has 10 rings (SSSR count). The first kappa shape index (κ1) is 89.8. The fourth-order valence-electron chi connectivity index (χ4n) is 12.7. The number of carbonyl (C=O) groups excluding carboxylic acids is 13. The van der Waals surface area contributed by atoms with Crippen molar-refractivity contribution in [3.05, 3.63) is 184 Å². The average molecular weight is 1710 g/mol. The Labute approximate surface area is 701 Å². The van der Waals surface area contributed by atoms with Crippen molar-refractivity contribution in [2.45, 2.75) is 64.5 Å². The molecule has 122 heavy (non-hydrogen) atoms. The van der Waals surface area contributed by atoms with E-state index in [0.717, 1.165) is 19.0 Å². The molecule has 0 aliphatic heterocycles. The van der Waals surface area contributed by atoms with Gasteiger partial charge in [-0.2, -0.15) is 13.2 Å². The first-order valence-electron chi connectivity index (χ1n) is 38.1. The minimum atomic E-state index is -4.76. The summed E-state index contributed by atoms with van der Waals surface area (Å²) in [4.78, 5) is 182. The van der Waals surface area contributed by atoms with Gasteiger partial charge in [0.1, 0.15) is 39.9 Å². The highest BCUT2D eigenvalue weighted by Crippen LogP contribution is 2.37. The van der Waals surface area contributed by atoms with Crippen LogP contribution >= 0.6 is 11.6 Å². The summed E-state index contributed by atoms with van der Waals surface area (Å²) >= 11 is 5.72. The molecule has 10 aromatic rings. The highest BCUT2D eigenvalue weighted by molar-refractivity contribution is 6.31. The number of unbranched alkanes of at least 4 members (excludes halogenated alkanes) is 1. The van der Waals surface area contributed by atoms with E-state index in [4.69, 9.17) is 16.3 Å². The van der Waals surface area contributed by atoms with Crippen molar-refractivity contribution < 1.29 is 80.2 Å². The van der Waals surface area contributed by atoms with Crippen LogP contribution < -0.4 is 73.9 Å². The van der Waals surface area contributed by atoms with Crippen LogP contribution in [0.1, 0.15) is 158 Å². The Kier molecular flexibility index (Phi) is 29.3. The van der Waals surface area contributed by atoms with Gasteiger partial charge in [0.15, 0.2) is 11.6 Å². The van der Waals surface area contributed by atoms with Crippen molar-refractivity contribution in [2.75, 3.05) is 100 Å². The van der Waals surface area contributed by atoms with E-state index in [2.05, 4.69) is 79.1 Å². The number of rotatable bonds is 37. The Morgan fingerprint density at radius 1 is 0.369 bits per heavy atom. The summed E-state index contributed by atoms with van der Waals surface area (Å²) < 4.78 is 57.8. The normalized spacial score (nSPS) is 11.2. The number of anilines is 10. The number of imidazole rings is 2. The maximum atomic E-state index is 13.6. The van der Waals surface area contributed by atoms with E-state index in [-0.39, 0.29) is 149 Å². The number of alkyl halides is 3. The number of hydrogen-bond acceptors (Lipinski definition) is 17. The molecule has 13 amide bonds. The van der Waals surface area contributed by atoms with Gasteiger partial charge in [-0.25, -0.2) is 9.97 Å². The van der Waals surface area contributed by atoms with Crippen molar-refractivity contribution in [3.63, 3.8) is 0 Å². The van der Waals surface area contributed by atoms with Gasteiger partial charge < -0.3 is 115 Å². The molecular formula is C80H92ClF3N24O14. The standard InChI is InChI=1S/C80H92ClF3N24O14/c1-12-122-62-23-21-45(29-53(62)71(113)91-46-20-22-55(81)54(30-46)80(82,83)84)88-66(110)18-14-13-17-65(109)85-27-24-68(112)90-48-32-60(103(6)38-48)76(118)99-64-44-108(11)70(97-64)79(121)95-52-36-61(106(9)42-52)77(119)98-63-43-107(10)69(96-63)78(120)87-25-15-19-67(111)89-47-31-57(102(5)37-47)73(115)93-50-34-59(105(8)40-50)75(117)94-51-35-58(104(7)41-51)74(116)92-49-33-56(101(4)39-49)72(114)86-26-16-28-100(2)3/h20-23,29-44H,12-19,24-28H2,1-11H3,(H,85,109)(H,86,114)(H,87,120)(H,88,110)(H,89,111)(H,90,112)(H,91,113)(H,92,116)(H,93,115)(H,94,117)(H,95,121)(H,98,119)(H,99,118). The van der Waals surface area contributed by atoms with Gasteiger partial charge in [-0.05, 0) is 126 Å². The zero-order valence-corrected chi connectivity index (χ0v) is 69.1. The second-order valence-corrected chi connectivity index (χ2v) is 29.1. The lowest BCUT2D eigenvalue weighted by molar-refractivity contribution is -0.137. The quantitative estimate of drug-likeness (QED) is 0.0162. The molecule has 2 aromatic carbocycles. The molecule has 38 nitrogen and oxygen atoms in total. The number of aromatic nitrogens is 10. The molecule has 0 atom stereocenters. The van der Waals surface area contributed by atoms with Gasteiger partial charge in [-0.15, -0.1) is 0 Å². The number of aryl methyl sites for hydroxylation is 8. The van der Waals surface area contributed by atoms with Crippen LogP contribution in [-0.4, -0.2) is 175 Å². The van der Waals surface area contributed by atoms with E-state index in [1.54, 1.807) is 96.2 Å². The van der Waals surface area contributed by atoms with Gasteiger partial charge in [0.25, 0.3) is 53.2 Å². The van der Waals surface area contributed by atoms with E-state index in [1.165, 1.54) is 114 Å². The van der Waals surface area contributed by atoms with Gasteiger partial charge in [0.05, 0.1) is 56.9 Å². The minimum absolute atomic E-state index is 0.00196.